The Morgan fingerprint density at radius 1 is 0.214 bits per heavy atom. The molecular formula is C64H40N6. The van der Waals surface area contributed by atoms with E-state index in [9.17, 15) is 0 Å². The first-order valence-corrected chi connectivity index (χ1v) is 23.4. The van der Waals surface area contributed by atoms with E-state index in [1.165, 1.54) is 0 Å². The van der Waals surface area contributed by atoms with Crippen LogP contribution in [0.4, 0.5) is 0 Å². The van der Waals surface area contributed by atoms with E-state index in [1.807, 2.05) is 73.6 Å². The van der Waals surface area contributed by atoms with Crippen molar-refractivity contribution in [3.63, 3.8) is 0 Å². The number of nitrogens with zero attached hydrogens (tertiary/aromatic N) is 6. The van der Waals surface area contributed by atoms with Crippen LogP contribution in [-0.4, -0.2) is 29.9 Å². The summed E-state index contributed by atoms with van der Waals surface area (Å²) in [5.41, 5.74) is 20.4. The molecule has 0 radical (unpaired) electrons. The van der Waals surface area contributed by atoms with Crippen LogP contribution in [0.25, 0.3) is 133 Å². The average molecular weight is 893 g/mol. The van der Waals surface area contributed by atoms with Gasteiger partial charge in [0.15, 0.2) is 0 Å². The van der Waals surface area contributed by atoms with Crippen molar-refractivity contribution in [2.45, 2.75) is 0 Å². The summed E-state index contributed by atoms with van der Waals surface area (Å²) in [6.45, 7) is 0. The van der Waals surface area contributed by atoms with Crippen LogP contribution >= 0.6 is 0 Å². The van der Waals surface area contributed by atoms with Gasteiger partial charge in [0.2, 0.25) is 0 Å². The molecular weight excluding hydrogens is 853 g/mol. The summed E-state index contributed by atoms with van der Waals surface area (Å²) in [6, 6.07) is 72.5. The normalized spacial score (nSPS) is 11.4. The Morgan fingerprint density at radius 2 is 0.614 bits per heavy atom. The number of aromatic nitrogens is 6. The predicted octanol–water partition coefficient (Wildman–Crippen LogP) is 16.0. The van der Waals surface area contributed by atoms with Gasteiger partial charge in [-0.1, -0.05) is 115 Å². The molecule has 6 nitrogen and oxygen atoms in total. The first-order chi connectivity index (χ1) is 34.7. The fourth-order valence-electron chi connectivity index (χ4n) is 9.84. The lowest BCUT2D eigenvalue weighted by Crippen LogP contribution is -1.92. The molecule has 0 spiro atoms. The Balaban J connectivity index is 0.909. The van der Waals surface area contributed by atoms with Crippen molar-refractivity contribution < 1.29 is 0 Å². The summed E-state index contributed by atoms with van der Waals surface area (Å²) in [7, 11) is 0. The molecule has 0 fully saturated rings. The van der Waals surface area contributed by atoms with Crippen LogP contribution in [0, 0.1) is 0 Å². The quantitative estimate of drug-likeness (QED) is 0.141. The third-order valence-electron chi connectivity index (χ3n) is 13.3. The van der Waals surface area contributed by atoms with E-state index in [0.29, 0.717) is 0 Å². The molecule has 0 aliphatic rings. The Morgan fingerprint density at radius 3 is 1.06 bits per heavy atom. The molecule has 0 saturated carbocycles. The van der Waals surface area contributed by atoms with Crippen LogP contribution in [0.5, 0.6) is 0 Å². The third kappa shape index (κ3) is 7.50. The van der Waals surface area contributed by atoms with Gasteiger partial charge in [-0.3, -0.25) is 29.9 Å². The Labute approximate surface area is 404 Å². The monoisotopic (exact) mass is 892 g/mol. The average Bonchev–Trinajstić information content (AvgIpc) is 3.45. The van der Waals surface area contributed by atoms with Crippen LogP contribution in [0.2, 0.25) is 0 Å². The zero-order valence-corrected chi connectivity index (χ0v) is 37.8. The second-order valence-electron chi connectivity index (χ2n) is 17.6. The topological polar surface area (TPSA) is 77.3 Å². The summed E-state index contributed by atoms with van der Waals surface area (Å²) >= 11 is 0. The van der Waals surface area contributed by atoms with E-state index < -0.39 is 0 Å². The third-order valence-corrected chi connectivity index (χ3v) is 13.3. The van der Waals surface area contributed by atoms with Crippen molar-refractivity contribution in [1.29, 1.82) is 0 Å². The van der Waals surface area contributed by atoms with Crippen molar-refractivity contribution in [2.24, 2.45) is 0 Å². The Hall–Kier alpha value is -9.52. The number of fused-ring (bicyclic) bond motifs is 6. The summed E-state index contributed by atoms with van der Waals surface area (Å²) in [6.07, 6.45) is 11.4. The molecule has 6 heteroatoms. The van der Waals surface area contributed by atoms with Crippen LogP contribution < -0.4 is 0 Å². The SMILES string of the molecule is c1ccc(-c2ccnc3c2ccc2cc(-c4cc(-c5cccc(-c6cc(-c7cnc8c(ccc9c(-c%10ccccc%10)ccnc98)c7)cc(-c7ccccn7)c6)c5)cc(-c5ccccn5)c4)cnc23)cc1. The molecule has 0 N–H and O–H groups in total. The molecule has 0 saturated heterocycles. The highest BCUT2D eigenvalue weighted by Gasteiger charge is 2.16. The Kier molecular flexibility index (Phi) is 10.1. The van der Waals surface area contributed by atoms with Crippen molar-refractivity contribution in [1.82, 2.24) is 29.9 Å². The van der Waals surface area contributed by atoms with E-state index in [1.54, 1.807) is 0 Å². The van der Waals surface area contributed by atoms with Crippen LogP contribution in [0.3, 0.4) is 0 Å². The molecule has 6 aromatic heterocycles. The Bertz CT molecular complexity index is 3840. The zero-order chi connectivity index (χ0) is 46.4. The van der Waals surface area contributed by atoms with Crippen LogP contribution in [-0.2, 0) is 0 Å². The van der Waals surface area contributed by atoms with Gasteiger partial charge in [0.05, 0.1) is 33.5 Å². The standard InChI is InChI=1S/C64H40N6/c1-3-12-41(13-4-1)55-24-28-67-63-57(55)22-20-45-31-53(39-69-61(45)63)49-33-47(35-51(37-49)59-18-7-9-26-65-59)43-16-11-17-44(30-43)48-34-50(38-52(36-48)60-19-8-10-27-66-60)54-32-46-21-23-58-56(42-14-5-2-6-15-42)25-29-68-64(58)62(46)70-40-54/h1-40H. The van der Waals surface area contributed by atoms with E-state index >= 15 is 0 Å². The minimum atomic E-state index is 0.877. The lowest BCUT2D eigenvalue weighted by Gasteiger charge is -2.14. The lowest BCUT2D eigenvalue weighted by atomic mass is 9.91. The number of pyridine rings is 6. The van der Waals surface area contributed by atoms with Gasteiger partial charge >= 0.3 is 0 Å². The molecule has 7 aromatic carbocycles. The van der Waals surface area contributed by atoms with E-state index in [4.69, 9.17) is 29.9 Å². The number of hydrogen-bond donors (Lipinski definition) is 0. The highest BCUT2D eigenvalue weighted by molar-refractivity contribution is 6.10. The van der Waals surface area contributed by atoms with E-state index in [2.05, 4.69) is 170 Å². The van der Waals surface area contributed by atoms with Crippen molar-refractivity contribution in [3.8, 4) is 89.3 Å². The van der Waals surface area contributed by atoms with Gasteiger partial charge in [-0.25, -0.2) is 0 Å². The minimum absolute atomic E-state index is 0.877. The van der Waals surface area contributed by atoms with Gasteiger partial charge in [0, 0.05) is 81.0 Å². The van der Waals surface area contributed by atoms with Crippen LogP contribution in [0.1, 0.15) is 0 Å². The maximum absolute atomic E-state index is 5.10. The smallest absolute Gasteiger partial charge is 0.0970 e. The maximum Gasteiger partial charge on any atom is 0.0970 e. The molecule has 13 rings (SSSR count). The van der Waals surface area contributed by atoms with Crippen molar-refractivity contribution >= 4 is 43.6 Å². The van der Waals surface area contributed by atoms with E-state index in [0.717, 1.165) is 133 Å². The molecule has 0 atom stereocenters. The first-order valence-electron chi connectivity index (χ1n) is 23.4. The largest absolute Gasteiger partial charge is 0.256 e. The van der Waals surface area contributed by atoms with E-state index in [-0.39, 0.29) is 0 Å². The highest BCUT2D eigenvalue weighted by atomic mass is 14.7. The molecule has 0 aliphatic heterocycles. The maximum atomic E-state index is 5.10. The van der Waals surface area contributed by atoms with Crippen LogP contribution in [0.15, 0.2) is 243 Å². The molecule has 0 unspecified atom stereocenters. The summed E-state index contributed by atoms with van der Waals surface area (Å²) in [5.74, 6) is 0. The highest BCUT2D eigenvalue weighted by Crippen LogP contribution is 2.39. The summed E-state index contributed by atoms with van der Waals surface area (Å²) in [5, 5.41) is 4.22. The fourth-order valence-corrected chi connectivity index (χ4v) is 9.84. The van der Waals surface area contributed by atoms with Gasteiger partial charge in [-0.05, 0) is 147 Å². The molecule has 70 heavy (non-hydrogen) atoms. The van der Waals surface area contributed by atoms with Gasteiger partial charge in [-0.15, -0.1) is 0 Å². The second kappa shape index (κ2) is 17.3. The molecule has 0 amide bonds. The fraction of sp³-hybridized carbons (Fsp3) is 0. The van der Waals surface area contributed by atoms with Gasteiger partial charge < -0.3 is 0 Å². The predicted molar refractivity (Wildman–Crippen MR) is 287 cm³/mol. The summed E-state index contributed by atoms with van der Waals surface area (Å²) < 4.78 is 0. The van der Waals surface area contributed by atoms with Crippen molar-refractivity contribution in [2.75, 3.05) is 0 Å². The number of rotatable bonds is 8. The molecule has 6 heterocycles. The van der Waals surface area contributed by atoms with Gasteiger partial charge in [0.1, 0.15) is 0 Å². The minimum Gasteiger partial charge on any atom is -0.256 e. The summed E-state index contributed by atoms with van der Waals surface area (Å²) in [4.78, 5) is 29.5. The van der Waals surface area contributed by atoms with Gasteiger partial charge in [-0.2, -0.15) is 0 Å². The van der Waals surface area contributed by atoms with Gasteiger partial charge in [0.25, 0.3) is 0 Å². The first kappa shape index (κ1) is 40.7. The molecule has 13 aromatic rings. The zero-order valence-electron chi connectivity index (χ0n) is 37.8. The number of benzene rings is 7. The van der Waals surface area contributed by atoms with Crippen molar-refractivity contribution in [3.05, 3.63) is 243 Å². The number of hydrogen-bond acceptors (Lipinski definition) is 6. The molecule has 0 bridgehead atoms. The lowest BCUT2D eigenvalue weighted by molar-refractivity contribution is 1.32. The second-order valence-corrected chi connectivity index (χ2v) is 17.6. The molecule has 326 valence electrons. The molecule has 0 aliphatic carbocycles.